The highest BCUT2D eigenvalue weighted by Crippen LogP contribution is 2.44. The molecule has 0 radical (unpaired) electrons. The van der Waals surface area contributed by atoms with Crippen LogP contribution in [0.15, 0.2) is 23.6 Å². The molecule has 4 nitrogen and oxygen atoms in total. The highest BCUT2D eigenvalue weighted by molar-refractivity contribution is 7.17. The molecule has 2 aromatic rings. The monoisotopic (exact) mass is 417 g/mol. The molecule has 0 unspecified atom stereocenters. The Hall–Kier alpha value is -1.92. The highest BCUT2D eigenvalue weighted by Gasteiger charge is 2.34. The summed E-state index contributed by atoms with van der Waals surface area (Å²) < 4.78 is 5.29. The Kier molecular flexibility index (Phi) is 6.40. The molecule has 0 spiro atoms. The van der Waals surface area contributed by atoms with Gasteiger partial charge in [-0.1, -0.05) is 26.8 Å². The van der Waals surface area contributed by atoms with Crippen molar-refractivity contribution in [2.75, 3.05) is 11.9 Å². The van der Waals surface area contributed by atoms with Crippen LogP contribution in [0, 0.1) is 11.3 Å². The smallest absolute Gasteiger partial charge is 0.341 e. The Balaban J connectivity index is 1.86. The van der Waals surface area contributed by atoms with Gasteiger partial charge in [0.2, 0.25) is 5.91 Å². The number of thiophene rings is 2. The van der Waals surface area contributed by atoms with Crippen molar-refractivity contribution in [2.45, 2.75) is 47.0 Å². The van der Waals surface area contributed by atoms with Crippen molar-refractivity contribution >= 4 is 45.6 Å². The second kappa shape index (κ2) is 8.62. The van der Waals surface area contributed by atoms with Gasteiger partial charge in [0.1, 0.15) is 5.00 Å². The van der Waals surface area contributed by atoms with Crippen molar-refractivity contribution < 1.29 is 14.3 Å². The molecule has 1 aliphatic carbocycles. The van der Waals surface area contributed by atoms with E-state index in [9.17, 15) is 9.59 Å². The Morgan fingerprint density at radius 3 is 2.79 bits per heavy atom. The van der Waals surface area contributed by atoms with E-state index in [2.05, 4.69) is 26.1 Å². The summed E-state index contributed by atoms with van der Waals surface area (Å²) in [6.07, 6.45) is 6.13. The molecule has 28 heavy (non-hydrogen) atoms. The zero-order valence-corrected chi connectivity index (χ0v) is 18.5. The van der Waals surface area contributed by atoms with Gasteiger partial charge in [-0.3, -0.25) is 4.79 Å². The highest BCUT2D eigenvalue weighted by atomic mass is 32.1. The van der Waals surface area contributed by atoms with Crippen LogP contribution in [0.5, 0.6) is 0 Å². The minimum absolute atomic E-state index is 0.221. The molecular formula is C22H27NO3S2. The first-order valence-electron chi connectivity index (χ1n) is 9.63. The summed E-state index contributed by atoms with van der Waals surface area (Å²) >= 11 is 3.10. The molecule has 6 heteroatoms. The SMILES string of the molecule is CCOC(=O)c1c(NC(=O)/C=C\c2cccs2)sc2c1CC[C@@H](C(C)(C)C)C2. The van der Waals surface area contributed by atoms with Crippen LogP contribution in [0.2, 0.25) is 0 Å². The minimum atomic E-state index is -0.341. The van der Waals surface area contributed by atoms with Gasteiger partial charge in [-0.05, 0) is 60.6 Å². The minimum Gasteiger partial charge on any atom is -0.462 e. The van der Waals surface area contributed by atoms with Gasteiger partial charge in [-0.15, -0.1) is 22.7 Å². The first-order chi connectivity index (χ1) is 13.3. The molecule has 0 saturated heterocycles. The fourth-order valence-electron chi connectivity index (χ4n) is 3.53. The molecule has 0 saturated carbocycles. The lowest BCUT2D eigenvalue weighted by Gasteiger charge is -2.33. The lowest BCUT2D eigenvalue weighted by Crippen LogP contribution is -2.26. The first-order valence-corrected chi connectivity index (χ1v) is 11.3. The van der Waals surface area contributed by atoms with Crippen LogP contribution >= 0.6 is 22.7 Å². The molecular weight excluding hydrogens is 390 g/mol. The third-order valence-electron chi connectivity index (χ3n) is 5.15. The van der Waals surface area contributed by atoms with Crippen molar-refractivity contribution in [1.29, 1.82) is 0 Å². The van der Waals surface area contributed by atoms with Crippen LogP contribution < -0.4 is 5.32 Å². The third kappa shape index (κ3) is 4.73. The number of rotatable bonds is 5. The Morgan fingerprint density at radius 2 is 2.14 bits per heavy atom. The van der Waals surface area contributed by atoms with E-state index in [0.717, 1.165) is 29.7 Å². The fraction of sp³-hybridized carbons (Fsp3) is 0.455. The predicted molar refractivity (Wildman–Crippen MR) is 117 cm³/mol. The number of amides is 1. The Morgan fingerprint density at radius 1 is 1.36 bits per heavy atom. The molecule has 0 aromatic carbocycles. The molecule has 1 N–H and O–H groups in total. The van der Waals surface area contributed by atoms with Crippen molar-refractivity contribution in [3.8, 4) is 0 Å². The summed E-state index contributed by atoms with van der Waals surface area (Å²) in [7, 11) is 0. The zero-order valence-electron chi connectivity index (χ0n) is 16.8. The van der Waals surface area contributed by atoms with Gasteiger partial charge in [-0.2, -0.15) is 0 Å². The Bertz CT molecular complexity index is 872. The topological polar surface area (TPSA) is 55.4 Å². The number of carbonyl (C=O) groups is 2. The molecule has 1 atom stereocenters. The standard InChI is InChI=1S/C22H27NO3S2/c1-5-26-21(25)19-16-10-8-14(22(2,3)4)13-17(16)28-20(19)23-18(24)11-9-15-7-6-12-27-15/h6-7,9,11-12,14H,5,8,10,13H2,1-4H3,(H,23,24)/b11-9-/t14-/m1/s1. The summed E-state index contributed by atoms with van der Waals surface area (Å²) in [5.74, 6) is -0.00682. The molecule has 0 fully saturated rings. The summed E-state index contributed by atoms with van der Waals surface area (Å²) in [4.78, 5) is 27.3. The van der Waals surface area contributed by atoms with E-state index in [1.807, 2.05) is 17.5 Å². The third-order valence-corrected chi connectivity index (χ3v) is 7.16. The summed E-state index contributed by atoms with van der Waals surface area (Å²) in [6, 6.07) is 3.90. The number of anilines is 1. The first kappa shape index (κ1) is 20.8. The van der Waals surface area contributed by atoms with E-state index in [1.165, 1.54) is 22.3 Å². The summed E-state index contributed by atoms with van der Waals surface area (Å²) in [5.41, 5.74) is 1.83. The van der Waals surface area contributed by atoms with Crippen molar-refractivity contribution in [3.05, 3.63) is 44.5 Å². The molecule has 0 bridgehead atoms. The Labute approximate surface area is 174 Å². The molecule has 150 valence electrons. The number of esters is 1. The summed E-state index contributed by atoms with van der Waals surface area (Å²) in [5, 5.41) is 5.50. The van der Waals surface area contributed by atoms with Gasteiger partial charge >= 0.3 is 5.97 Å². The number of fused-ring (bicyclic) bond motifs is 1. The predicted octanol–water partition coefficient (Wildman–Crippen LogP) is 5.79. The maximum atomic E-state index is 12.6. The van der Waals surface area contributed by atoms with Crippen LogP contribution in [0.3, 0.4) is 0 Å². The lowest BCUT2D eigenvalue weighted by molar-refractivity contribution is -0.111. The maximum absolute atomic E-state index is 12.6. The van der Waals surface area contributed by atoms with E-state index in [1.54, 1.807) is 24.3 Å². The van der Waals surface area contributed by atoms with E-state index in [0.29, 0.717) is 23.1 Å². The van der Waals surface area contributed by atoms with Crippen LogP contribution in [0.25, 0.3) is 6.08 Å². The van der Waals surface area contributed by atoms with E-state index >= 15 is 0 Å². The quantitative estimate of drug-likeness (QED) is 0.495. The number of nitrogens with one attached hydrogen (secondary N) is 1. The van der Waals surface area contributed by atoms with E-state index in [-0.39, 0.29) is 17.3 Å². The molecule has 1 amide bonds. The maximum Gasteiger partial charge on any atom is 0.341 e. The number of ether oxygens (including phenoxy) is 1. The van der Waals surface area contributed by atoms with Crippen LogP contribution in [-0.2, 0) is 22.4 Å². The molecule has 1 aliphatic rings. The van der Waals surface area contributed by atoms with Crippen LogP contribution in [0.1, 0.15) is 59.8 Å². The van der Waals surface area contributed by atoms with Crippen LogP contribution in [0.4, 0.5) is 5.00 Å². The van der Waals surface area contributed by atoms with Crippen molar-refractivity contribution in [2.24, 2.45) is 11.3 Å². The number of hydrogen-bond acceptors (Lipinski definition) is 5. The van der Waals surface area contributed by atoms with Gasteiger partial charge in [0.25, 0.3) is 0 Å². The fourth-order valence-corrected chi connectivity index (χ4v) is 5.47. The second-order valence-corrected chi connectivity index (χ2v) is 10.2. The molecule has 2 aromatic heterocycles. The second-order valence-electron chi connectivity index (χ2n) is 8.07. The summed E-state index contributed by atoms with van der Waals surface area (Å²) in [6.45, 7) is 8.91. The largest absolute Gasteiger partial charge is 0.462 e. The van der Waals surface area contributed by atoms with Gasteiger partial charge < -0.3 is 10.1 Å². The zero-order chi connectivity index (χ0) is 20.3. The van der Waals surface area contributed by atoms with E-state index < -0.39 is 0 Å². The number of hydrogen-bond donors (Lipinski definition) is 1. The molecule has 2 heterocycles. The number of carbonyl (C=O) groups excluding carboxylic acids is 2. The van der Waals surface area contributed by atoms with Crippen molar-refractivity contribution in [1.82, 2.24) is 0 Å². The molecule has 3 rings (SSSR count). The van der Waals surface area contributed by atoms with Gasteiger partial charge in [-0.25, -0.2) is 4.79 Å². The van der Waals surface area contributed by atoms with Crippen molar-refractivity contribution in [3.63, 3.8) is 0 Å². The van der Waals surface area contributed by atoms with E-state index in [4.69, 9.17) is 4.74 Å². The average molecular weight is 418 g/mol. The normalized spacial score (nSPS) is 16.8. The molecule has 0 aliphatic heterocycles. The van der Waals surface area contributed by atoms with Crippen LogP contribution in [-0.4, -0.2) is 18.5 Å². The van der Waals surface area contributed by atoms with Gasteiger partial charge in [0.05, 0.1) is 12.2 Å². The average Bonchev–Trinajstić information content (AvgIpc) is 3.26. The lowest BCUT2D eigenvalue weighted by atomic mass is 9.72. The van der Waals surface area contributed by atoms with Gasteiger partial charge in [0.15, 0.2) is 0 Å². The van der Waals surface area contributed by atoms with Gasteiger partial charge in [0, 0.05) is 15.8 Å².